The van der Waals surface area contributed by atoms with E-state index < -0.39 is 0 Å². The molecule has 1 rings (SSSR count). The van der Waals surface area contributed by atoms with Crippen molar-refractivity contribution in [2.24, 2.45) is 5.92 Å². The van der Waals surface area contributed by atoms with E-state index in [2.05, 4.69) is 18.7 Å². The van der Waals surface area contributed by atoms with E-state index in [1.165, 1.54) is 0 Å². The molecule has 1 aliphatic heterocycles. The molecular formula is C10H20N2O. The lowest BCUT2D eigenvalue weighted by Crippen LogP contribution is -2.54. The monoisotopic (exact) mass is 184 g/mol. The van der Waals surface area contributed by atoms with Crippen molar-refractivity contribution in [2.75, 3.05) is 26.7 Å². The lowest BCUT2D eigenvalue weighted by atomic mass is 10.1. The van der Waals surface area contributed by atoms with Crippen LogP contribution in [0.2, 0.25) is 0 Å². The van der Waals surface area contributed by atoms with Gasteiger partial charge in [0.25, 0.3) is 0 Å². The van der Waals surface area contributed by atoms with Gasteiger partial charge >= 0.3 is 0 Å². The van der Waals surface area contributed by atoms with Crippen LogP contribution in [0.15, 0.2) is 0 Å². The van der Waals surface area contributed by atoms with Crippen molar-refractivity contribution in [1.29, 1.82) is 0 Å². The number of piperazine rings is 1. The molecule has 0 radical (unpaired) electrons. The third kappa shape index (κ3) is 2.44. The molecule has 1 unspecified atom stereocenters. The molecular weight excluding hydrogens is 164 g/mol. The molecule has 3 heteroatoms. The molecule has 1 amide bonds. The highest BCUT2D eigenvalue weighted by molar-refractivity contribution is 5.82. The van der Waals surface area contributed by atoms with Gasteiger partial charge in [-0.25, -0.2) is 0 Å². The Morgan fingerprint density at radius 2 is 2.08 bits per heavy atom. The zero-order chi connectivity index (χ0) is 10.0. The van der Waals surface area contributed by atoms with Crippen molar-refractivity contribution in [2.45, 2.75) is 26.8 Å². The zero-order valence-corrected chi connectivity index (χ0v) is 9.08. The molecule has 0 N–H and O–H groups in total. The summed E-state index contributed by atoms with van der Waals surface area (Å²) < 4.78 is 0. The Balaban J connectivity index is 2.54. The van der Waals surface area contributed by atoms with E-state index in [4.69, 9.17) is 0 Å². The number of rotatable bonds is 2. The topological polar surface area (TPSA) is 23.6 Å². The molecule has 13 heavy (non-hydrogen) atoms. The Bertz CT molecular complexity index is 191. The standard InChI is InChI=1S/C10H20N2O/c1-8(2)7-12-6-5-11(4)9(3)10(12)13/h8-9H,5-7H2,1-4H3. The van der Waals surface area contributed by atoms with Crippen LogP contribution < -0.4 is 0 Å². The highest BCUT2D eigenvalue weighted by Crippen LogP contribution is 2.10. The lowest BCUT2D eigenvalue weighted by molar-refractivity contribution is -0.140. The van der Waals surface area contributed by atoms with Crippen LogP contribution in [-0.2, 0) is 4.79 Å². The van der Waals surface area contributed by atoms with Crippen molar-refractivity contribution in [3.63, 3.8) is 0 Å². The summed E-state index contributed by atoms with van der Waals surface area (Å²) in [5.41, 5.74) is 0. The maximum atomic E-state index is 11.8. The van der Waals surface area contributed by atoms with Gasteiger partial charge in [-0.1, -0.05) is 13.8 Å². The van der Waals surface area contributed by atoms with Crippen LogP contribution in [0.5, 0.6) is 0 Å². The number of carbonyl (C=O) groups excluding carboxylic acids is 1. The normalized spacial score (nSPS) is 25.8. The molecule has 1 fully saturated rings. The number of hydrogen-bond donors (Lipinski definition) is 0. The summed E-state index contributed by atoms with van der Waals surface area (Å²) in [6, 6.07) is 0.0625. The Kier molecular flexibility index (Phi) is 3.31. The minimum absolute atomic E-state index is 0.0625. The highest BCUT2D eigenvalue weighted by atomic mass is 16.2. The molecule has 0 aromatic carbocycles. The summed E-state index contributed by atoms with van der Waals surface area (Å²) in [6.45, 7) is 9.07. The number of hydrogen-bond acceptors (Lipinski definition) is 2. The van der Waals surface area contributed by atoms with E-state index in [0.717, 1.165) is 19.6 Å². The first-order chi connectivity index (χ1) is 6.02. The second kappa shape index (κ2) is 4.09. The minimum atomic E-state index is 0.0625. The second-order valence-electron chi connectivity index (χ2n) is 4.33. The Morgan fingerprint density at radius 1 is 1.46 bits per heavy atom. The molecule has 0 spiro atoms. The second-order valence-corrected chi connectivity index (χ2v) is 4.33. The summed E-state index contributed by atoms with van der Waals surface area (Å²) in [6.07, 6.45) is 0. The number of likely N-dealkylation sites (N-methyl/N-ethyl adjacent to an activating group) is 1. The van der Waals surface area contributed by atoms with Gasteiger partial charge in [-0.05, 0) is 19.9 Å². The summed E-state index contributed by atoms with van der Waals surface area (Å²) in [4.78, 5) is 15.8. The molecule has 0 aliphatic carbocycles. The van der Waals surface area contributed by atoms with Crippen LogP contribution in [-0.4, -0.2) is 48.4 Å². The Hall–Kier alpha value is -0.570. The SMILES string of the molecule is CC(C)CN1CCN(C)C(C)C1=O. The van der Waals surface area contributed by atoms with Gasteiger partial charge in [-0.3, -0.25) is 9.69 Å². The molecule has 1 atom stereocenters. The van der Waals surface area contributed by atoms with E-state index in [0.29, 0.717) is 5.92 Å². The smallest absolute Gasteiger partial charge is 0.239 e. The summed E-state index contributed by atoms with van der Waals surface area (Å²) in [5.74, 6) is 0.849. The van der Waals surface area contributed by atoms with Gasteiger partial charge < -0.3 is 4.90 Å². The van der Waals surface area contributed by atoms with Crippen molar-refractivity contribution in [3.8, 4) is 0 Å². The maximum Gasteiger partial charge on any atom is 0.239 e. The molecule has 1 aliphatic rings. The molecule has 0 saturated carbocycles. The minimum Gasteiger partial charge on any atom is -0.340 e. The van der Waals surface area contributed by atoms with Crippen LogP contribution in [0.3, 0.4) is 0 Å². The molecule has 0 bridgehead atoms. The molecule has 76 valence electrons. The van der Waals surface area contributed by atoms with Crippen molar-refractivity contribution < 1.29 is 4.79 Å². The van der Waals surface area contributed by atoms with Crippen molar-refractivity contribution in [3.05, 3.63) is 0 Å². The van der Waals surface area contributed by atoms with Crippen LogP contribution >= 0.6 is 0 Å². The van der Waals surface area contributed by atoms with Crippen molar-refractivity contribution >= 4 is 5.91 Å². The summed E-state index contributed by atoms with van der Waals surface area (Å²) in [7, 11) is 2.01. The van der Waals surface area contributed by atoms with Crippen LogP contribution in [0.4, 0.5) is 0 Å². The average molecular weight is 184 g/mol. The molecule has 1 heterocycles. The fourth-order valence-electron chi connectivity index (χ4n) is 1.66. The Morgan fingerprint density at radius 3 is 2.62 bits per heavy atom. The fourth-order valence-corrected chi connectivity index (χ4v) is 1.66. The van der Waals surface area contributed by atoms with Crippen LogP contribution in [0, 0.1) is 5.92 Å². The maximum absolute atomic E-state index is 11.8. The number of nitrogens with zero attached hydrogens (tertiary/aromatic N) is 2. The highest BCUT2D eigenvalue weighted by Gasteiger charge is 2.28. The van der Waals surface area contributed by atoms with E-state index in [-0.39, 0.29) is 11.9 Å². The zero-order valence-electron chi connectivity index (χ0n) is 9.08. The third-order valence-corrected chi connectivity index (χ3v) is 2.64. The van der Waals surface area contributed by atoms with Gasteiger partial charge in [0.2, 0.25) is 5.91 Å². The van der Waals surface area contributed by atoms with Gasteiger partial charge in [-0.2, -0.15) is 0 Å². The van der Waals surface area contributed by atoms with E-state index in [9.17, 15) is 4.79 Å². The number of amides is 1. The largest absolute Gasteiger partial charge is 0.340 e. The van der Waals surface area contributed by atoms with Crippen molar-refractivity contribution in [1.82, 2.24) is 9.80 Å². The lowest BCUT2D eigenvalue weighted by Gasteiger charge is -2.37. The van der Waals surface area contributed by atoms with Gasteiger partial charge in [0, 0.05) is 19.6 Å². The van der Waals surface area contributed by atoms with Crippen LogP contribution in [0.25, 0.3) is 0 Å². The van der Waals surface area contributed by atoms with Crippen LogP contribution in [0.1, 0.15) is 20.8 Å². The quantitative estimate of drug-likeness (QED) is 0.634. The van der Waals surface area contributed by atoms with Gasteiger partial charge in [0.05, 0.1) is 6.04 Å². The van der Waals surface area contributed by atoms with Gasteiger partial charge in [0.1, 0.15) is 0 Å². The molecule has 1 saturated heterocycles. The van der Waals surface area contributed by atoms with E-state index >= 15 is 0 Å². The Labute approximate surface area is 80.7 Å². The molecule has 0 aromatic rings. The van der Waals surface area contributed by atoms with E-state index in [1.54, 1.807) is 0 Å². The molecule has 3 nitrogen and oxygen atoms in total. The van der Waals surface area contributed by atoms with Gasteiger partial charge in [-0.15, -0.1) is 0 Å². The summed E-state index contributed by atoms with van der Waals surface area (Å²) >= 11 is 0. The molecule has 0 aromatic heterocycles. The predicted octanol–water partition coefficient (Wildman–Crippen LogP) is 0.805. The third-order valence-electron chi connectivity index (χ3n) is 2.64. The van der Waals surface area contributed by atoms with E-state index in [1.807, 2.05) is 18.9 Å². The first-order valence-corrected chi connectivity index (χ1v) is 5.01. The first kappa shape index (κ1) is 10.5. The first-order valence-electron chi connectivity index (χ1n) is 5.01. The summed E-state index contributed by atoms with van der Waals surface area (Å²) in [5, 5.41) is 0. The number of carbonyl (C=O) groups is 1. The fraction of sp³-hybridized carbons (Fsp3) is 0.900. The van der Waals surface area contributed by atoms with Gasteiger partial charge in [0.15, 0.2) is 0 Å². The predicted molar refractivity (Wildman–Crippen MR) is 53.5 cm³/mol. The average Bonchev–Trinajstić information content (AvgIpc) is 2.06.